The number of pyridine rings is 1. The van der Waals surface area contributed by atoms with Crippen LogP contribution in [0.1, 0.15) is 22.3 Å². The molecule has 0 N–H and O–H groups in total. The van der Waals surface area contributed by atoms with E-state index in [0.29, 0.717) is 0 Å². The van der Waals surface area contributed by atoms with Crippen molar-refractivity contribution in [1.29, 1.82) is 0 Å². The fraction of sp³-hybridized carbons (Fsp3) is 0.0208. The molecule has 1 heterocycles. The minimum absolute atomic E-state index is 0.428. The predicted octanol–water partition coefficient (Wildman–Crippen LogP) is 12.1. The first-order chi connectivity index (χ1) is 24.3. The van der Waals surface area contributed by atoms with Crippen LogP contribution in [0.15, 0.2) is 200 Å². The van der Waals surface area contributed by atoms with Crippen LogP contribution in [-0.2, 0) is 5.41 Å². The van der Waals surface area contributed by atoms with Gasteiger partial charge in [0.1, 0.15) is 0 Å². The van der Waals surface area contributed by atoms with Crippen LogP contribution >= 0.6 is 0 Å². The summed E-state index contributed by atoms with van der Waals surface area (Å²) in [6.45, 7) is 0. The molecule has 0 saturated carbocycles. The summed E-state index contributed by atoms with van der Waals surface area (Å²) in [4.78, 5) is 5.11. The Kier molecular flexibility index (Phi) is 7.10. The summed E-state index contributed by atoms with van der Waals surface area (Å²) in [5.41, 5.74) is 16.2. The number of rotatable bonds is 6. The molecule has 1 aliphatic carbocycles. The summed E-state index contributed by atoms with van der Waals surface area (Å²) < 4.78 is 0. The second-order valence-electron chi connectivity index (χ2n) is 12.7. The Hall–Kier alpha value is -6.31. The van der Waals surface area contributed by atoms with Gasteiger partial charge in [0, 0.05) is 11.1 Å². The van der Waals surface area contributed by atoms with Gasteiger partial charge in [0.2, 0.25) is 0 Å². The normalized spacial score (nSPS) is 12.7. The van der Waals surface area contributed by atoms with Crippen LogP contribution in [0.2, 0.25) is 0 Å². The van der Waals surface area contributed by atoms with Gasteiger partial charge in [-0.15, -0.1) is 0 Å². The number of hydrogen-bond acceptors (Lipinski definition) is 1. The number of fused-ring (bicyclic) bond motifs is 3. The number of aromatic nitrogens is 1. The number of hydrogen-bond donors (Lipinski definition) is 0. The first kappa shape index (κ1) is 28.9. The van der Waals surface area contributed by atoms with E-state index in [0.717, 1.165) is 33.6 Å². The third kappa shape index (κ3) is 4.91. The van der Waals surface area contributed by atoms with E-state index in [4.69, 9.17) is 4.98 Å². The van der Waals surface area contributed by atoms with Crippen LogP contribution < -0.4 is 0 Å². The van der Waals surface area contributed by atoms with Gasteiger partial charge in [-0.2, -0.15) is 0 Å². The van der Waals surface area contributed by atoms with Crippen LogP contribution in [0.25, 0.3) is 55.9 Å². The highest BCUT2D eigenvalue weighted by molar-refractivity contribution is 5.89. The van der Waals surface area contributed by atoms with Gasteiger partial charge in [0.25, 0.3) is 0 Å². The van der Waals surface area contributed by atoms with E-state index in [1.807, 2.05) is 12.1 Å². The quantitative estimate of drug-likeness (QED) is 0.180. The Morgan fingerprint density at radius 2 is 0.735 bits per heavy atom. The van der Waals surface area contributed by atoms with E-state index in [1.165, 1.54) is 44.5 Å². The summed E-state index contributed by atoms with van der Waals surface area (Å²) in [5, 5.41) is 0. The molecule has 230 valence electrons. The lowest BCUT2D eigenvalue weighted by Gasteiger charge is -2.34. The van der Waals surface area contributed by atoms with Crippen LogP contribution in [0.4, 0.5) is 0 Å². The van der Waals surface area contributed by atoms with E-state index in [1.54, 1.807) is 0 Å². The topological polar surface area (TPSA) is 12.9 Å². The van der Waals surface area contributed by atoms with Gasteiger partial charge in [0.05, 0.1) is 16.8 Å². The molecule has 0 bridgehead atoms. The maximum atomic E-state index is 5.11. The van der Waals surface area contributed by atoms with Crippen LogP contribution in [0.5, 0.6) is 0 Å². The van der Waals surface area contributed by atoms with Crippen LogP contribution in [-0.4, -0.2) is 4.98 Å². The Morgan fingerprint density at radius 1 is 0.286 bits per heavy atom. The predicted molar refractivity (Wildman–Crippen MR) is 203 cm³/mol. The zero-order chi connectivity index (χ0) is 32.6. The van der Waals surface area contributed by atoms with Crippen molar-refractivity contribution in [3.63, 3.8) is 0 Å². The minimum Gasteiger partial charge on any atom is -0.248 e. The van der Waals surface area contributed by atoms with Crippen molar-refractivity contribution in [2.45, 2.75) is 5.41 Å². The van der Waals surface area contributed by atoms with E-state index >= 15 is 0 Å². The van der Waals surface area contributed by atoms with Gasteiger partial charge in [-0.1, -0.05) is 176 Å². The van der Waals surface area contributed by atoms with Crippen LogP contribution in [0.3, 0.4) is 0 Å². The summed E-state index contributed by atoms with van der Waals surface area (Å²) >= 11 is 0. The first-order valence-electron chi connectivity index (χ1n) is 16.9. The summed E-state index contributed by atoms with van der Waals surface area (Å²) in [5.74, 6) is 0. The molecule has 7 aromatic carbocycles. The molecule has 0 spiro atoms. The number of nitrogens with zero attached hydrogens (tertiary/aromatic N) is 1. The molecule has 8 aromatic rings. The van der Waals surface area contributed by atoms with E-state index in [9.17, 15) is 0 Å². The Balaban J connectivity index is 1.22. The van der Waals surface area contributed by atoms with Crippen molar-refractivity contribution in [3.05, 3.63) is 222 Å². The maximum Gasteiger partial charge on any atom is 0.0715 e. The molecule has 0 unspecified atom stereocenters. The van der Waals surface area contributed by atoms with Gasteiger partial charge < -0.3 is 0 Å². The van der Waals surface area contributed by atoms with Crippen molar-refractivity contribution >= 4 is 0 Å². The standard InChI is InChI=1S/C48H33N/c1-5-16-34(17-6-1)46-32-39(33-47(49-46)35-18-7-2-8-19-35)37-21-15-20-36(30-37)38-28-29-43-42-26-13-14-27-44(42)48(45(43)31-38,40-22-9-3-10-23-40)41-24-11-4-12-25-41/h1-33H. The maximum absolute atomic E-state index is 5.11. The van der Waals surface area contributed by atoms with E-state index in [2.05, 4.69) is 188 Å². The van der Waals surface area contributed by atoms with E-state index in [-0.39, 0.29) is 0 Å². The molecule has 0 atom stereocenters. The third-order valence-corrected chi connectivity index (χ3v) is 9.95. The molecule has 1 nitrogen and oxygen atoms in total. The molecule has 0 amide bonds. The van der Waals surface area contributed by atoms with Gasteiger partial charge in [-0.25, -0.2) is 4.98 Å². The molecule has 1 aliphatic rings. The minimum atomic E-state index is -0.428. The fourth-order valence-electron chi connectivity index (χ4n) is 7.71. The highest BCUT2D eigenvalue weighted by atomic mass is 14.7. The molecule has 0 saturated heterocycles. The molecular weight excluding hydrogens is 591 g/mol. The Labute approximate surface area is 287 Å². The first-order valence-corrected chi connectivity index (χ1v) is 16.9. The Bertz CT molecular complexity index is 2320. The molecule has 0 fully saturated rings. The zero-order valence-electron chi connectivity index (χ0n) is 27.0. The van der Waals surface area contributed by atoms with Crippen LogP contribution in [0, 0.1) is 0 Å². The molecule has 0 aliphatic heterocycles. The smallest absolute Gasteiger partial charge is 0.0715 e. The van der Waals surface area contributed by atoms with Crippen molar-refractivity contribution in [2.24, 2.45) is 0 Å². The molecule has 0 radical (unpaired) electrons. The van der Waals surface area contributed by atoms with Crippen molar-refractivity contribution < 1.29 is 0 Å². The molecule has 1 aromatic heterocycles. The third-order valence-electron chi connectivity index (χ3n) is 9.95. The summed E-state index contributed by atoms with van der Waals surface area (Å²) in [6.07, 6.45) is 0. The Morgan fingerprint density at radius 3 is 1.33 bits per heavy atom. The molecule has 1 heteroatoms. The molecule has 9 rings (SSSR count). The van der Waals surface area contributed by atoms with Crippen molar-refractivity contribution in [2.75, 3.05) is 0 Å². The van der Waals surface area contributed by atoms with Gasteiger partial charge in [-0.05, 0) is 79.9 Å². The highest BCUT2D eigenvalue weighted by Crippen LogP contribution is 2.56. The van der Waals surface area contributed by atoms with Crippen molar-refractivity contribution in [3.8, 4) is 55.9 Å². The van der Waals surface area contributed by atoms with Crippen molar-refractivity contribution in [1.82, 2.24) is 4.98 Å². The second kappa shape index (κ2) is 12.0. The highest BCUT2D eigenvalue weighted by Gasteiger charge is 2.46. The lowest BCUT2D eigenvalue weighted by molar-refractivity contribution is 0.769. The fourth-order valence-corrected chi connectivity index (χ4v) is 7.71. The SMILES string of the molecule is c1ccc(-c2cc(-c3cccc(-c4ccc5c(c4)C(c4ccccc4)(c4ccccc4)c4ccccc4-5)c3)cc(-c3ccccc3)n2)cc1. The second-order valence-corrected chi connectivity index (χ2v) is 12.7. The summed E-state index contributed by atoms with van der Waals surface area (Å²) in [6, 6.07) is 72.3. The molecular formula is C48H33N. The van der Waals surface area contributed by atoms with Gasteiger partial charge in [-0.3, -0.25) is 0 Å². The van der Waals surface area contributed by atoms with Gasteiger partial charge in [0.15, 0.2) is 0 Å². The largest absolute Gasteiger partial charge is 0.248 e. The average Bonchev–Trinajstić information content (AvgIpc) is 3.49. The lowest BCUT2D eigenvalue weighted by atomic mass is 9.67. The molecule has 49 heavy (non-hydrogen) atoms. The monoisotopic (exact) mass is 623 g/mol. The van der Waals surface area contributed by atoms with E-state index < -0.39 is 5.41 Å². The van der Waals surface area contributed by atoms with Gasteiger partial charge >= 0.3 is 0 Å². The average molecular weight is 624 g/mol. The zero-order valence-corrected chi connectivity index (χ0v) is 27.0. The summed E-state index contributed by atoms with van der Waals surface area (Å²) in [7, 11) is 0. The lowest BCUT2D eigenvalue weighted by Crippen LogP contribution is -2.28. The number of benzene rings is 7.